The molecule has 1 amide bonds. The monoisotopic (exact) mass is 510 g/mol. The first-order chi connectivity index (χ1) is 17.6. The lowest BCUT2D eigenvalue weighted by Crippen LogP contribution is -2.47. The molecule has 0 aliphatic carbocycles. The van der Waals surface area contributed by atoms with Gasteiger partial charge in [-0.05, 0) is 48.7 Å². The number of thiophene rings is 1. The van der Waals surface area contributed by atoms with Crippen LogP contribution in [0, 0.1) is 17.2 Å². The quantitative estimate of drug-likeness (QED) is 0.403. The Bertz CT molecular complexity index is 1310. The van der Waals surface area contributed by atoms with Gasteiger partial charge in [0.2, 0.25) is 5.91 Å². The van der Waals surface area contributed by atoms with E-state index in [1.165, 1.54) is 0 Å². The number of hydrogen-bond donors (Lipinski definition) is 2. The average molecular weight is 511 g/mol. The number of rotatable bonds is 10. The number of carbonyl (C=O) groups is 1. The zero-order valence-corrected chi connectivity index (χ0v) is 21.0. The van der Waals surface area contributed by atoms with Crippen LogP contribution < -0.4 is 16.4 Å². The molecule has 2 aromatic heterocycles. The van der Waals surface area contributed by atoms with E-state index in [1.54, 1.807) is 15.9 Å². The predicted octanol–water partition coefficient (Wildman–Crippen LogP) is 2.68. The summed E-state index contributed by atoms with van der Waals surface area (Å²) in [5, 5.41) is 15.9. The molecular weight excluding hydrogens is 480 g/mol. The van der Waals surface area contributed by atoms with Crippen molar-refractivity contribution in [1.82, 2.24) is 15.2 Å². The van der Waals surface area contributed by atoms with Crippen molar-refractivity contribution in [3.8, 4) is 16.5 Å². The second-order valence-electron chi connectivity index (χ2n) is 9.33. The summed E-state index contributed by atoms with van der Waals surface area (Å²) in [6.07, 6.45) is 2.10. The molecule has 36 heavy (non-hydrogen) atoms. The van der Waals surface area contributed by atoms with E-state index in [4.69, 9.17) is 13.9 Å². The zero-order chi connectivity index (χ0) is 25.1. The number of hydrogen-bond acceptors (Lipinski definition) is 8. The van der Waals surface area contributed by atoms with Crippen molar-refractivity contribution in [3.63, 3.8) is 0 Å². The Balaban J connectivity index is 1.24. The highest BCUT2D eigenvalue weighted by molar-refractivity contribution is 7.15. The van der Waals surface area contributed by atoms with Gasteiger partial charge in [0.1, 0.15) is 6.04 Å². The van der Waals surface area contributed by atoms with Crippen LogP contribution in [0.5, 0.6) is 0 Å². The van der Waals surface area contributed by atoms with Gasteiger partial charge in [0.05, 0.1) is 44.0 Å². The maximum absolute atomic E-state index is 12.7. The van der Waals surface area contributed by atoms with Gasteiger partial charge in [-0.25, -0.2) is 4.79 Å². The van der Waals surface area contributed by atoms with Crippen molar-refractivity contribution in [2.24, 2.45) is 5.92 Å². The fourth-order valence-corrected chi connectivity index (χ4v) is 5.95. The summed E-state index contributed by atoms with van der Waals surface area (Å²) in [6, 6.07) is 11.3. The predicted molar refractivity (Wildman–Crippen MR) is 136 cm³/mol. The Morgan fingerprint density at radius 1 is 1.33 bits per heavy atom. The van der Waals surface area contributed by atoms with E-state index in [0.29, 0.717) is 50.9 Å². The maximum Gasteiger partial charge on any atom is 0.420 e. The van der Waals surface area contributed by atoms with Gasteiger partial charge >= 0.3 is 5.76 Å². The highest BCUT2D eigenvalue weighted by Gasteiger charge is 2.41. The lowest BCUT2D eigenvalue weighted by Gasteiger charge is -2.16. The van der Waals surface area contributed by atoms with Crippen LogP contribution in [-0.2, 0) is 27.2 Å². The number of amides is 1. The summed E-state index contributed by atoms with van der Waals surface area (Å²) in [5.74, 6) is -0.150. The van der Waals surface area contributed by atoms with Crippen LogP contribution in [0.4, 0.5) is 0 Å². The molecule has 190 valence electrons. The van der Waals surface area contributed by atoms with Crippen LogP contribution >= 0.6 is 11.3 Å². The van der Waals surface area contributed by atoms with E-state index in [2.05, 4.69) is 16.7 Å². The van der Waals surface area contributed by atoms with Gasteiger partial charge in [-0.15, -0.1) is 11.3 Å². The molecule has 1 aromatic carbocycles. The molecule has 4 atom stereocenters. The van der Waals surface area contributed by atoms with Gasteiger partial charge in [0.25, 0.3) is 0 Å². The van der Waals surface area contributed by atoms with E-state index < -0.39 is 11.8 Å². The molecule has 2 aliphatic heterocycles. The molecule has 0 saturated carbocycles. The maximum atomic E-state index is 12.7. The number of aromatic nitrogens is 1. The molecule has 3 aromatic rings. The van der Waals surface area contributed by atoms with Crippen molar-refractivity contribution in [2.75, 3.05) is 26.4 Å². The normalized spacial score (nSPS) is 21.9. The van der Waals surface area contributed by atoms with E-state index in [1.807, 2.05) is 37.3 Å². The first kappa shape index (κ1) is 24.7. The molecule has 0 radical (unpaired) electrons. The van der Waals surface area contributed by atoms with Gasteiger partial charge in [-0.1, -0.05) is 6.92 Å². The van der Waals surface area contributed by atoms with Crippen molar-refractivity contribution in [3.05, 3.63) is 45.8 Å². The Hall–Kier alpha value is -2.97. The molecule has 10 heteroatoms. The van der Waals surface area contributed by atoms with Crippen LogP contribution in [0.15, 0.2) is 39.5 Å². The lowest BCUT2D eigenvalue weighted by molar-refractivity contribution is -0.123. The summed E-state index contributed by atoms with van der Waals surface area (Å²) in [4.78, 5) is 27.1. The van der Waals surface area contributed by atoms with E-state index >= 15 is 0 Å². The molecule has 9 nitrogen and oxygen atoms in total. The average Bonchev–Trinajstić information content (AvgIpc) is 3.64. The zero-order valence-electron chi connectivity index (χ0n) is 20.2. The number of nitrogens with zero attached hydrogens (tertiary/aromatic N) is 2. The Labute approximate surface area is 213 Å². The lowest BCUT2D eigenvalue weighted by atomic mass is 10.0. The molecule has 2 aliphatic rings. The van der Waals surface area contributed by atoms with E-state index in [9.17, 15) is 14.9 Å². The van der Waals surface area contributed by atoms with Crippen LogP contribution in [0.25, 0.3) is 21.5 Å². The van der Waals surface area contributed by atoms with Crippen LogP contribution in [0.1, 0.15) is 24.6 Å². The van der Waals surface area contributed by atoms with Crippen molar-refractivity contribution < 1.29 is 18.7 Å². The SMILES string of the molecule is CCCOCCn1c(=O)oc2ccc(-c3ccc(CC(C#N)NC(=O)C4CC5COCC5N4)s3)cc21. The molecule has 2 N–H and O–H groups in total. The fourth-order valence-electron chi connectivity index (χ4n) is 4.90. The van der Waals surface area contributed by atoms with Gasteiger partial charge < -0.3 is 24.5 Å². The number of carbonyl (C=O) groups excluding carboxylic acids is 1. The second-order valence-corrected chi connectivity index (χ2v) is 10.5. The number of fused-ring (bicyclic) bond motifs is 2. The first-order valence-electron chi connectivity index (χ1n) is 12.4. The smallest absolute Gasteiger partial charge is 0.408 e. The Morgan fingerprint density at radius 2 is 2.22 bits per heavy atom. The van der Waals surface area contributed by atoms with Gasteiger partial charge in [0, 0.05) is 34.7 Å². The highest BCUT2D eigenvalue weighted by Crippen LogP contribution is 2.31. The van der Waals surface area contributed by atoms with Gasteiger partial charge in [0.15, 0.2) is 5.58 Å². The van der Waals surface area contributed by atoms with Crippen LogP contribution in [0.2, 0.25) is 0 Å². The minimum atomic E-state index is -0.604. The molecule has 0 bridgehead atoms. The van der Waals surface area contributed by atoms with Crippen molar-refractivity contribution >= 4 is 28.3 Å². The number of benzene rings is 1. The number of nitriles is 1. The number of ether oxygens (including phenoxy) is 2. The molecule has 5 rings (SSSR count). The largest absolute Gasteiger partial charge is 0.420 e. The number of oxazole rings is 1. The summed E-state index contributed by atoms with van der Waals surface area (Å²) in [7, 11) is 0. The van der Waals surface area contributed by atoms with Gasteiger partial charge in [-0.2, -0.15) is 5.26 Å². The summed E-state index contributed by atoms with van der Waals surface area (Å²) in [6.45, 7) is 4.91. The molecule has 2 fully saturated rings. The summed E-state index contributed by atoms with van der Waals surface area (Å²) in [5.41, 5.74) is 2.23. The second kappa shape index (κ2) is 11.0. The third-order valence-corrected chi connectivity index (χ3v) is 7.92. The van der Waals surface area contributed by atoms with Crippen LogP contribution in [0.3, 0.4) is 0 Å². The third kappa shape index (κ3) is 5.25. The molecule has 2 saturated heterocycles. The summed E-state index contributed by atoms with van der Waals surface area (Å²) >= 11 is 1.57. The molecule has 0 spiro atoms. The topological polar surface area (TPSA) is 119 Å². The van der Waals surface area contributed by atoms with Crippen molar-refractivity contribution in [1.29, 1.82) is 5.26 Å². The minimum Gasteiger partial charge on any atom is -0.408 e. The summed E-state index contributed by atoms with van der Waals surface area (Å²) < 4.78 is 18.0. The first-order valence-corrected chi connectivity index (χ1v) is 13.2. The van der Waals surface area contributed by atoms with Crippen LogP contribution in [-0.4, -0.2) is 55.0 Å². The van der Waals surface area contributed by atoms with Crippen molar-refractivity contribution in [2.45, 2.75) is 50.9 Å². The van der Waals surface area contributed by atoms with E-state index in [0.717, 1.165) is 33.7 Å². The Kier molecular flexibility index (Phi) is 7.53. The number of nitrogens with one attached hydrogen (secondary N) is 2. The fraction of sp³-hybridized carbons (Fsp3) is 0.500. The molecule has 4 unspecified atom stereocenters. The highest BCUT2D eigenvalue weighted by atomic mass is 32.1. The molecular formula is C26H30N4O5S. The van der Waals surface area contributed by atoms with Gasteiger partial charge in [-0.3, -0.25) is 9.36 Å². The molecule has 4 heterocycles. The van der Waals surface area contributed by atoms with E-state index in [-0.39, 0.29) is 18.0 Å². The standard InChI is InChI=1S/C26H30N4O5S/c1-2-8-33-9-7-30-22-11-16(3-5-23(22)35-26(30)32)24-6-4-19(36-24)12-18(13-27)28-25(31)20-10-17-14-34-15-21(17)29-20/h3-6,11,17-18,20-21,29H,2,7-10,12,14-15H2,1H3,(H,28,31). The third-order valence-electron chi connectivity index (χ3n) is 6.77. The minimum absolute atomic E-state index is 0.126. The Morgan fingerprint density at radius 3 is 3.03 bits per heavy atom.